The summed E-state index contributed by atoms with van der Waals surface area (Å²) in [5.74, 6) is 0. The van der Waals surface area contributed by atoms with Gasteiger partial charge in [0.15, 0.2) is 0 Å². The Hall–Kier alpha value is -2.33. The molecule has 5 heteroatoms. The van der Waals surface area contributed by atoms with Crippen LogP contribution in [0.15, 0.2) is 42.1 Å². The first-order chi connectivity index (χ1) is 13.2. The highest BCUT2D eigenvalue weighted by molar-refractivity contribution is 6.30. The molecule has 1 amide bonds. The molecule has 4 nitrogen and oxygen atoms in total. The zero-order chi connectivity index (χ0) is 18.8. The number of rotatable bonds is 1. The van der Waals surface area contributed by atoms with Crippen molar-refractivity contribution in [3.63, 3.8) is 0 Å². The molecule has 4 rings (SSSR count). The minimum Gasteiger partial charge on any atom is -0.450 e. The lowest BCUT2D eigenvalue weighted by Gasteiger charge is -2.29. The number of likely N-dealkylation sites (tertiary alicyclic amines) is 1. The van der Waals surface area contributed by atoms with E-state index in [4.69, 9.17) is 21.3 Å². The van der Waals surface area contributed by atoms with Gasteiger partial charge in [-0.15, -0.1) is 0 Å². The van der Waals surface area contributed by atoms with Crippen molar-refractivity contribution < 1.29 is 9.53 Å². The van der Waals surface area contributed by atoms with E-state index >= 15 is 0 Å². The average molecular weight is 385 g/mol. The van der Waals surface area contributed by atoms with Crippen LogP contribution in [0.25, 0.3) is 5.57 Å². The molecule has 0 unspecified atom stereocenters. The molecule has 1 aliphatic carbocycles. The van der Waals surface area contributed by atoms with Crippen LogP contribution in [0.5, 0.6) is 0 Å². The minimum atomic E-state index is -0.215. The second-order valence-corrected chi connectivity index (χ2v) is 7.41. The van der Waals surface area contributed by atoms with Crippen LogP contribution in [0.1, 0.15) is 42.1 Å². The fourth-order valence-corrected chi connectivity index (χ4v) is 4.25. The first-order valence-electron chi connectivity index (χ1n) is 9.54. The summed E-state index contributed by atoms with van der Waals surface area (Å²) in [4.78, 5) is 18.6. The summed E-state index contributed by atoms with van der Waals surface area (Å²) in [5.41, 5.74) is 7.46. The predicted molar refractivity (Wildman–Crippen MR) is 107 cm³/mol. The second kappa shape index (κ2) is 7.73. The van der Waals surface area contributed by atoms with E-state index in [1.807, 2.05) is 25.3 Å². The fraction of sp³-hybridized carbons (Fsp3) is 0.364. The van der Waals surface area contributed by atoms with Gasteiger partial charge in [0.1, 0.15) is 0 Å². The lowest BCUT2D eigenvalue weighted by molar-refractivity contribution is 0.104. The Labute approximate surface area is 164 Å². The number of pyridine rings is 1. The number of aromatic nitrogens is 1. The topological polar surface area (TPSA) is 42.4 Å². The number of halogens is 1. The van der Waals surface area contributed by atoms with Crippen LogP contribution in [0, 0.1) is 0 Å². The van der Waals surface area contributed by atoms with E-state index in [0.717, 1.165) is 36.4 Å². The van der Waals surface area contributed by atoms with Gasteiger partial charge in [-0.05, 0) is 67.5 Å². The van der Waals surface area contributed by atoms with Gasteiger partial charge in [0.2, 0.25) is 0 Å². The maximum atomic E-state index is 12.0. The third-order valence-corrected chi connectivity index (χ3v) is 5.61. The summed E-state index contributed by atoms with van der Waals surface area (Å²) in [6.07, 6.45) is 5.25. The normalized spacial score (nSPS) is 16.4. The Bertz CT molecular complexity index is 897. The molecule has 27 heavy (non-hydrogen) atoms. The van der Waals surface area contributed by atoms with Crippen LogP contribution in [0.4, 0.5) is 4.79 Å². The van der Waals surface area contributed by atoms with E-state index in [0.29, 0.717) is 19.7 Å². The van der Waals surface area contributed by atoms with Crippen molar-refractivity contribution in [2.24, 2.45) is 0 Å². The van der Waals surface area contributed by atoms with Crippen LogP contribution >= 0.6 is 11.6 Å². The smallest absolute Gasteiger partial charge is 0.409 e. The summed E-state index contributed by atoms with van der Waals surface area (Å²) in [6, 6.07) is 10.3. The second-order valence-electron chi connectivity index (χ2n) is 6.98. The van der Waals surface area contributed by atoms with E-state index in [1.54, 1.807) is 4.90 Å². The number of fused-ring (bicyclic) bond motifs is 2. The van der Waals surface area contributed by atoms with Gasteiger partial charge in [-0.2, -0.15) is 0 Å². The van der Waals surface area contributed by atoms with E-state index in [-0.39, 0.29) is 6.09 Å². The molecule has 1 aromatic heterocycles. The molecule has 0 bridgehead atoms. The third kappa shape index (κ3) is 3.59. The Kier molecular flexibility index (Phi) is 5.17. The van der Waals surface area contributed by atoms with Crippen LogP contribution in [-0.2, 0) is 17.6 Å². The first kappa shape index (κ1) is 18.1. The van der Waals surface area contributed by atoms with Crippen LogP contribution in [0.2, 0.25) is 5.02 Å². The Morgan fingerprint density at radius 2 is 1.96 bits per heavy atom. The highest BCUT2D eigenvalue weighted by Crippen LogP contribution is 2.38. The van der Waals surface area contributed by atoms with Gasteiger partial charge >= 0.3 is 6.09 Å². The molecular weight excluding hydrogens is 362 g/mol. The quantitative estimate of drug-likeness (QED) is 0.703. The van der Waals surface area contributed by atoms with Crippen molar-refractivity contribution in [1.29, 1.82) is 0 Å². The number of carbonyl (C=O) groups is 1. The van der Waals surface area contributed by atoms with E-state index in [9.17, 15) is 4.79 Å². The summed E-state index contributed by atoms with van der Waals surface area (Å²) >= 11 is 6.27. The zero-order valence-electron chi connectivity index (χ0n) is 15.5. The molecule has 0 atom stereocenters. The van der Waals surface area contributed by atoms with Gasteiger partial charge in [0, 0.05) is 29.9 Å². The number of amides is 1. The molecule has 1 fully saturated rings. The Balaban J connectivity index is 1.76. The lowest BCUT2D eigenvalue weighted by Crippen LogP contribution is -2.37. The maximum Gasteiger partial charge on any atom is 0.409 e. The Morgan fingerprint density at radius 1 is 1.19 bits per heavy atom. The highest BCUT2D eigenvalue weighted by Gasteiger charge is 2.26. The molecule has 140 valence electrons. The largest absolute Gasteiger partial charge is 0.450 e. The maximum absolute atomic E-state index is 12.0. The highest BCUT2D eigenvalue weighted by atomic mass is 35.5. The van der Waals surface area contributed by atoms with Gasteiger partial charge in [-0.25, -0.2) is 4.79 Å². The summed E-state index contributed by atoms with van der Waals surface area (Å²) in [5, 5.41) is 0.772. The van der Waals surface area contributed by atoms with Crippen molar-refractivity contribution in [3.8, 4) is 0 Å². The number of carbonyl (C=O) groups excluding carboxylic acids is 1. The van der Waals surface area contributed by atoms with E-state index in [1.165, 1.54) is 27.8 Å². The number of hydrogen-bond acceptors (Lipinski definition) is 3. The first-order valence-corrected chi connectivity index (χ1v) is 9.92. The Morgan fingerprint density at radius 3 is 2.74 bits per heavy atom. The van der Waals surface area contributed by atoms with Crippen LogP contribution < -0.4 is 0 Å². The molecule has 0 radical (unpaired) electrons. The standard InChI is InChI=1S/C22H23ClN2O2/c1-2-27-22(26)25-12-9-15(10-13-25)20-19-8-7-18(23)14-17(19)6-5-16-4-3-11-24-21(16)20/h3-4,7-8,11,14H,2,5-6,9-10,12-13H2,1H3/i20+2. The number of benzene rings is 1. The monoisotopic (exact) mass is 384 g/mol. The van der Waals surface area contributed by atoms with E-state index < -0.39 is 0 Å². The average Bonchev–Trinajstić information content (AvgIpc) is 2.85. The molecule has 1 saturated heterocycles. The summed E-state index contributed by atoms with van der Waals surface area (Å²) < 4.78 is 5.15. The van der Waals surface area contributed by atoms with Crippen molar-refractivity contribution >= 4 is 23.3 Å². The summed E-state index contributed by atoms with van der Waals surface area (Å²) in [7, 11) is 0. The molecule has 0 saturated carbocycles. The number of hydrogen-bond donors (Lipinski definition) is 0. The third-order valence-electron chi connectivity index (χ3n) is 5.37. The molecule has 1 aliphatic heterocycles. The van der Waals surface area contributed by atoms with Gasteiger partial charge in [-0.1, -0.05) is 29.3 Å². The van der Waals surface area contributed by atoms with Crippen molar-refractivity contribution in [2.75, 3.05) is 19.7 Å². The molecule has 2 heterocycles. The fourth-order valence-electron chi connectivity index (χ4n) is 4.06. The van der Waals surface area contributed by atoms with Crippen molar-refractivity contribution in [1.82, 2.24) is 9.88 Å². The molecule has 0 N–H and O–H groups in total. The zero-order valence-corrected chi connectivity index (χ0v) is 16.3. The number of nitrogens with zero attached hydrogens (tertiary/aromatic N) is 2. The van der Waals surface area contributed by atoms with Crippen LogP contribution in [0.3, 0.4) is 0 Å². The molecule has 0 spiro atoms. The summed E-state index contributed by atoms with van der Waals surface area (Å²) in [6.45, 7) is 3.62. The molecule has 2 aliphatic rings. The number of ether oxygens (including phenoxy) is 1. The molecule has 1 aromatic carbocycles. The van der Waals surface area contributed by atoms with Gasteiger partial charge in [-0.3, -0.25) is 4.98 Å². The lowest BCUT2D eigenvalue weighted by atomic mass is 10.1. The van der Waals surface area contributed by atoms with Gasteiger partial charge in [0.25, 0.3) is 0 Å². The van der Waals surface area contributed by atoms with Gasteiger partial charge < -0.3 is 9.64 Å². The van der Waals surface area contributed by atoms with Gasteiger partial charge in [0.05, 0.1) is 12.3 Å². The molecular formula is C22H23ClN2O2. The van der Waals surface area contributed by atoms with E-state index in [2.05, 4.69) is 18.2 Å². The predicted octanol–water partition coefficient (Wildman–Crippen LogP) is 4.89. The minimum absolute atomic E-state index is 0.215. The van der Waals surface area contributed by atoms with Crippen molar-refractivity contribution in [3.05, 3.63) is 69.5 Å². The number of aryl methyl sites for hydroxylation is 2. The van der Waals surface area contributed by atoms with Crippen molar-refractivity contribution in [2.45, 2.75) is 32.6 Å². The SMILES string of the molecule is CCOC(=O)N1CCC(=[14C]2c3ccc(Cl)cc3CCc3cccnc32)CC1. The number of piperidine rings is 1. The molecule has 2 aromatic rings. The van der Waals surface area contributed by atoms with Crippen LogP contribution in [-0.4, -0.2) is 35.7 Å².